The molecular formula is C17H24O3. The summed E-state index contributed by atoms with van der Waals surface area (Å²) in [6, 6.07) is 3.87. The molecule has 0 radical (unpaired) electrons. The third-order valence-corrected chi connectivity index (χ3v) is 4.69. The Hall–Kier alpha value is -1.35. The summed E-state index contributed by atoms with van der Waals surface area (Å²) in [4.78, 5) is 12.9. The van der Waals surface area contributed by atoms with Crippen molar-refractivity contribution < 1.29 is 14.3 Å². The molecule has 4 unspecified atom stereocenters. The van der Waals surface area contributed by atoms with Crippen molar-refractivity contribution >= 4 is 5.78 Å². The van der Waals surface area contributed by atoms with Gasteiger partial charge in [0.15, 0.2) is 5.78 Å². The summed E-state index contributed by atoms with van der Waals surface area (Å²) in [5.74, 6) is 0.966. The van der Waals surface area contributed by atoms with Gasteiger partial charge in [-0.2, -0.15) is 0 Å². The molecule has 1 aliphatic rings. The SMILES string of the molecule is COc1c(C(=O)C2C(C)OC(C)C2C)ccc(C)c1C. The molecule has 1 aromatic carbocycles. The van der Waals surface area contributed by atoms with Gasteiger partial charge in [-0.25, -0.2) is 0 Å². The molecule has 3 nitrogen and oxygen atoms in total. The molecule has 1 aromatic rings. The van der Waals surface area contributed by atoms with Crippen LogP contribution in [0, 0.1) is 25.7 Å². The van der Waals surface area contributed by atoms with Crippen LogP contribution in [-0.2, 0) is 4.74 Å². The van der Waals surface area contributed by atoms with Gasteiger partial charge >= 0.3 is 0 Å². The van der Waals surface area contributed by atoms with Gasteiger partial charge in [-0.3, -0.25) is 4.79 Å². The van der Waals surface area contributed by atoms with E-state index in [0.717, 1.165) is 11.1 Å². The number of hydrogen-bond donors (Lipinski definition) is 0. The molecule has 110 valence electrons. The zero-order valence-corrected chi connectivity index (χ0v) is 13.2. The molecule has 0 aromatic heterocycles. The van der Waals surface area contributed by atoms with Crippen molar-refractivity contribution in [1.29, 1.82) is 0 Å². The molecule has 1 heterocycles. The average molecular weight is 276 g/mol. The second-order valence-electron chi connectivity index (χ2n) is 5.88. The molecule has 1 saturated heterocycles. The molecule has 4 atom stereocenters. The maximum atomic E-state index is 12.9. The van der Waals surface area contributed by atoms with Crippen LogP contribution in [0.4, 0.5) is 0 Å². The summed E-state index contributed by atoms with van der Waals surface area (Å²) in [5, 5.41) is 0. The van der Waals surface area contributed by atoms with Crippen LogP contribution in [0.25, 0.3) is 0 Å². The quantitative estimate of drug-likeness (QED) is 0.792. The minimum atomic E-state index is -0.0963. The van der Waals surface area contributed by atoms with Crippen molar-refractivity contribution in [2.75, 3.05) is 7.11 Å². The predicted octanol–water partition coefficient (Wildman–Crippen LogP) is 3.55. The highest BCUT2D eigenvalue weighted by Crippen LogP contribution is 2.37. The molecular weight excluding hydrogens is 252 g/mol. The first-order valence-corrected chi connectivity index (χ1v) is 7.22. The van der Waals surface area contributed by atoms with Gasteiger partial charge in [0.05, 0.1) is 30.8 Å². The maximum Gasteiger partial charge on any atom is 0.172 e. The first-order chi connectivity index (χ1) is 9.38. The van der Waals surface area contributed by atoms with Crippen molar-refractivity contribution in [3.8, 4) is 5.75 Å². The smallest absolute Gasteiger partial charge is 0.172 e. The van der Waals surface area contributed by atoms with Crippen LogP contribution in [0.15, 0.2) is 12.1 Å². The number of methoxy groups -OCH3 is 1. The molecule has 1 fully saturated rings. The summed E-state index contributed by atoms with van der Waals surface area (Å²) >= 11 is 0. The van der Waals surface area contributed by atoms with E-state index in [1.807, 2.05) is 39.8 Å². The second-order valence-corrected chi connectivity index (χ2v) is 5.88. The van der Waals surface area contributed by atoms with Crippen LogP contribution in [0.2, 0.25) is 0 Å². The zero-order chi connectivity index (χ0) is 15.0. The number of rotatable bonds is 3. The largest absolute Gasteiger partial charge is 0.496 e. The highest BCUT2D eigenvalue weighted by atomic mass is 16.5. The van der Waals surface area contributed by atoms with Gasteiger partial charge < -0.3 is 9.47 Å². The molecule has 1 aliphatic heterocycles. The third-order valence-electron chi connectivity index (χ3n) is 4.69. The lowest BCUT2D eigenvalue weighted by Gasteiger charge is -2.20. The van der Waals surface area contributed by atoms with Crippen LogP contribution in [-0.4, -0.2) is 25.1 Å². The van der Waals surface area contributed by atoms with Gasteiger partial charge in [0, 0.05) is 0 Å². The Bertz CT molecular complexity index is 521. The molecule has 0 bridgehead atoms. The number of aryl methyl sites for hydroxylation is 1. The van der Waals surface area contributed by atoms with Crippen molar-refractivity contribution in [3.05, 3.63) is 28.8 Å². The molecule has 20 heavy (non-hydrogen) atoms. The van der Waals surface area contributed by atoms with Gasteiger partial charge in [0.25, 0.3) is 0 Å². The Morgan fingerprint density at radius 2 is 1.80 bits per heavy atom. The zero-order valence-electron chi connectivity index (χ0n) is 13.2. The summed E-state index contributed by atoms with van der Waals surface area (Å²) in [6.45, 7) is 10.1. The number of carbonyl (C=O) groups is 1. The van der Waals surface area contributed by atoms with Crippen molar-refractivity contribution in [3.63, 3.8) is 0 Å². The van der Waals surface area contributed by atoms with Crippen LogP contribution in [0.3, 0.4) is 0 Å². The van der Waals surface area contributed by atoms with E-state index in [4.69, 9.17) is 9.47 Å². The number of Topliss-reactive ketones (excluding diaryl/α,β-unsaturated/α-hetero) is 1. The first kappa shape index (κ1) is 15.0. The Morgan fingerprint density at radius 1 is 1.15 bits per heavy atom. The molecule has 0 aliphatic carbocycles. The van der Waals surface area contributed by atoms with Gasteiger partial charge in [0.2, 0.25) is 0 Å². The fraction of sp³-hybridized carbons (Fsp3) is 0.588. The van der Waals surface area contributed by atoms with Crippen LogP contribution < -0.4 is 4.74 Å². The number of hydrogen-bond acceptors (Lipinski definition) is 3. The fourth-order valence-electron chi connectivity index (χ4n) is 3.15. The number of carbonyl (C=O) groups excluding carboxylic acids is 1. The van der Waals surface area contributed by atoms with E-state index in [1.54, 1.807) is 7.11 Å². The van der Waals surface area contributed by atoms with Crippen molar-refractivity contribution in [2.45, 2.75) is 46.8 Å². The van der Waals surface area contributed by atoms with Crippen LogP contribution >= 0.6 is 0 Å². The third kappa shape index (κ3) is 2.35. The Kier molecular flexibility index (Phi) is 4.19. The van der Waals surface area contributed by atoms with Gasteiger partial charge in [-0.05, 0) is 50.8 Å². The highest BCUT2D eigenvalue weighted by molar-refractivity contribution is 6.01. The Labute approximate surface area is 121 Å². The van der Waals surface area contributed by atoms with E-state index in [-0.39, 0.29) is 29.8 Å². The molecule has 0 amide bonds. The van der Waals surface area contributed by atoms with Crippen molar-refractivity contribution in [2.24, 2.45) is 11.8 Å². The summed E-state index contributed by atoms with van der Waals surface area (Å²) < 4.78 is 11.3. The lowest BCUT2D eigenvalue weighted by Crippen LogP contribution is -2.27. The molecule has 3 heteroatoms. The molecule has 0 saturated carbocycles. The van der Waals surface area contributed by atoms with Crippen LogP contribution in [0.1, 0.15) is 42.3 Å². The predicted molar refractivity (Wildman–Crippen MR) is 79.5 cm³/mol. The van der Waals surface area contributed by atoms with Crippen LogP contribution in [0.5, 0.6) is 5.75 Å². The summed E-state index contributed by atoms with van der Waals surface area (Å²) in [6.07, 6.45) is 0.0790. The lowest BCUT2D eigenvalue weighted by molar-refractivity contribution is 0.0490. The molecule has 2 rings (SSSR count). The normalized spacial score (nSPS) is 29.5. The minimum absolute atomic E-state index is 0.0428. The van der Waals surface area contributed by atoms with Crippen molar-refractivity contribution in [1.82, 2.24) is 0 Å². The highest BCUT2D eigenvalue weighted by Gasteiger charge is 2.42. The topological polar surface area (TPSA) is 35.5 Å². The monoisotopic (exact) mass is 276 g/mol. The molecule has 0 spiro atoms. The van der Waals surface area contributed by atoms with Gasteiger partial charge in [0.1, 0.15) is 5.75 Å². The summed E-state index contributed by atoms with van der Waals surface area (Å²) in [5.41, 5.74) is 2.85. The van der Waals surface area contributed by atoms with E-state index in [9.17, 15) is 4.79 Å². The first-order valence-electron chi connectivity index (χ1n) is 7.22. The number of benzene rings is 1. The summed E-state index contributed by atoms with van der Waals surface area (Å²) in [7, 11) is 1.62. The Balaban J connectivity index is 2.42. The van der Waals surface area contributed by atoms with E-state index in [0.29, 0.717) is 11.3 Å². The second kappa shape index (κ2) is 5.57. The van der Waals surface area contributed by atoms with Gasteiger partial charge in [-0.1, -0.05) is 13.0 Å². The van der Waals surface area contributed by atoms with E-state index >= 15 is 0 Å². The fourth-order valence-corrected chi connectivity index (χ4v) is 3.15. The van der Waals surface area contributed by atoms with Gasteiger partial charge in [-0.15, -0.1) is 0 Å². The van der Waals surface area contributed by atoms with E-state index in [2.05, 4.69) is 6.92 Å². The average Bonchev–Trinajstić information content (AvgIpc) is 2.65. The Morgan fingerprint density at radius 3 is 2.30 bits per heavy atom. The van der Waals surface area contributed by atoms with E-state index < -0.39 is 0 Å². The minimum Gasteiger partial charge on any atom is -0.496 e. The number of ketones is 1. The maximum absolute atomic E-state index is 12.9. The number of ether oxygens (including phenoxy) is 2. The molecule has 0 N–H and O–H groups in total. The van der Waals surface area contributed by atoms with E-state index in [1.165, 1.54) is 0 Å². The lowest BCUT2D eigenvalue weighted by atomic mass is 9.82. The standard InChI is InChI=1S/C17H24O3/c1-9-7-8-14(17(19-6)10(9)2)16(18)15-11(3)12(4)20-13(15)5/h7-8,11-13,15H,1-6H3.